The zero-order chi connectivity index (χ0) is 11.1. The van der Waals surface area contributed by atoms with Crippen LogP contribution in [0.3, 0.4) is 0 Å². The van der Waals surface area contributed by atoms with E-state index in [-0.39, 0.29) is 6.42 Å². The predicted octanol–water partition coefficient (Wildman–Crippen LogP) is 1.44. The minimum absolute atomic E-state index is 0.243. The first kappa shape index (κ1) is 11.8. The fourth-order valence-electron chi connectivity index (χ4n) is 1.46. The van der Waals surface area contributed by atoms with Crippen molar-refractivity contribution in [2.45, 2.75) is 45.7 Å². The molecule has 1 aromatic heterocycles. The van der Waals surface area contributed by atoms with Crippen LogP contribution in [0.15, 0.2) is 18.7 Å². The Bertz CT molecular complexity index is 307. The van der Waals surface area contributed by atoms with E-state index in [1.165, 1.54) is 12.8 Å². The molecular weight excluding hydrogens is 192 g/mol. The lowest BCUT2D eigenvalue weighted by Gasteiger charge is -1.94. The summed E-state index contributed by atoms with van der Waals surface area (Å²) in [6, 6.07) is 0. The zero-order valence-corrected chi connectivity index (χ0v) is 9.22. The molecule has 0 saturated heterocycles. The number of unbranched alkanes of at least 4 members (excludes halogenated alkanes) is 1. The van der Waals surface area contributed by atoms with Gasteiger partial charge in [0.25, 0.3) is 0 Å². The molecule has 4 nitrogen and oxygen atoms in total. The van der Waals surface area contributed by atoms with E-state index in [1.54, 1.807) is 0 Å². The van der Waals surface area contributed by atoms with Crippen molar-refractivity contribution in [1.82, 2.24) is 4.57 Å². The van der Waals surface area contributed by atoms with Gasteiger partial charge in [-0.3, -0.25) is 4.79 Å². The van der Waals surface area contributed by atoms with Gasteiger partial charge in [-0.2, -0.15) is 0 Å². The Kier molecular flexibility index (Phi) is 4.87. The van der Waals surface area contributed by atoms with Gasteiger partial charge in [-0.05, 0) is 12.8 Å². The molecule has 1 rings (SSSR count). The van der Waals surface area contributed by atoms with Crippen LogP contribution in [0.4, 0.5) is 0 Å². The number of aromatic nitrogens is 2. The number of aryl methyl sites for hydroxylation is 2. The molecule has 0 bridgehead atoms. The van der Waals surface area contributed by atoms with E-state index >= 15 is 0 Å². The molecule has 0 aliphatic rings. The number of aliphatic carboxylic acids is 1. The van der Waals surface area contributed by atoms with Gasteiger partial charge in [0, 0.05) is 6.42 Å². The number of imidazole rings is 1. The average Bonchev–Trinajstić information content (AvgIpc) is 2.62. The summed E-state index contributed by atoms with van der Waals surface area (Å²) in [4.78, 5) is 10.3. The monoisotopic (exact) mass is 211 g/mol. The maximum Gasteiger partial charge on any atom is 0.303 e. The molecule has 0 aromatic carbocycles. The zero-order valence-electron chi connectivity index (χ0n) is 9.22. The maximum atomic E-state index is 10.3. The molecule has 0 fully saturated rings. The highest BCUT2D eigenvalue weighted by atomic mass is 16.4. The quantitative estimate of drug-likeness (QED) is 0.694. The smallest absolute Gasteiger partial charge is 0.303 e. The lowest BCUT2D eigenvalue weighted by Crippen LogP contribution is -2.31. The summed E-state index contributed by atoms with van der Waals surface area (Å²) in [5, 5.41) is 8.50. The van der Waals surface area contributed by atoms with Crippen LogP contribution in [0.2, 0.25) is 0 Å². The molecule has 4 heteroatoms. The van der Waals surface area contributed by atoms with Gasteiger partial charge in [-0.25, -0.2) is 9.13 Å². The van der Waals surface area contributed by atoms with Crippen LogP contribution in [0.5, 0.6) is 0 Å². The Morgan fingerprint density at radius 3 is 2.93 bits per heavy atom. The maximum absolute atomic E-state index is 10.3. The molecule has 0 unspecified atom stereocenters. The first-order valence-electron chi connectivity index (χ1n) is 5.49. The number of carboxylic acid groups (broad SMARTS) is 1. The molecule has 1 N–H and O–H groups in total. The summed E-state index contributed by atoms with van der Waals surface area (Å²) in [6.07, 6.45) is 9.39. The molecule has 0 amide bonds. The van der Waals surface area contributed by atoms with Crippen molar-refractivity contribution in [3.8, 4) is 0 Å². The molecule has 0 radical (unpaired) electrons. The second kappa shape index (κ2) is 6.22. The van der Waals surface area contributed by atoms with Gasteiger partial charge in [0.2, 0.25) is 6.33 Å². The summed E-state index contributed by atoms with van der Waals surface area (Å²) in [5.74, 6) is -0.721. The first-order valence-corrected chi connectivity index (χ1v) is 5.49. The van der Waals surface area contributed by atoms with Gasteiger partial charge in [0.05, 0.1) is 13.1 Å². The molecule has 0 aliphatic heterocycles. The standard InChI is InChI=1S/C11H18N2O2/c1-2-3-6-12-8-9-13(10-12)7-4-5-11(14)15/h8-10H,2-7H2,1H3/p+1. The third-order valence-corrected chi connectivity index (χ3v) is 2.32. The topological polar surface area (TPSA) is 46.1 Å². The lowest BCUT2D eigenvalue weighted by molar-refractivity contribution is -0.696. The van der Waals surface area contributed by atoms with Gasteiger partial charge in [-0.1, -0.05) is 13.3 Å². The summed E-state index contributed by atoms with van der Waals surface area (Å²) >= 11 is 0. The van der Waals surface area contributed by atoms with E-state index in [0.29, 0.717) is 6.42 Å². The van der Waals surface area contributed by atoms with E-state index in [4.69, 9.17) is 5.11 Å². The number of hydrogen-bond donors (Lipinski definition) is 1. The van der Waals surface area contributed by atoms with E-state index in [1.807, 2.05) is 23.3 Å². The molecule has 1 heterocycles. The van der Waals surface area contributed by atoms with E-state index in [2.05, 4.69) is 11.5 Å². The largest absolute Gasteiger partial charge is 0.481 e. The van der Waals surface area contributed by atoms with E-state index < -0.39 is 5.97 Å². The minimum Gasteiger partial charge on any atom is -0.481 e. The van der Waals surface area contributed by atoms with Crippen LogP contribution < -0.4 is 4.57 Å². The van der Waals surface area contributed by atoms with Crippen LogP contribution in [0, 0.1) is 0 Å². The summed E-state index contributed by atoms with van der Waals surface area (Å²) in [5.41, 5.74) is 0. The number of rotatable bonds is 7. The number of nitrogens with zero attached hydrogens (tertiary/aromatic N) is 2. The summed E-state index contributed by atoms with van der Waals surface area (Å²) in [7, 11) is 0. The van der Waals surface area contributed by atoms with Crippen LogP contribution >= 0.6 is 0 Å². The van der Waals surface area contributed by atoms with Crippen molar-refractivity contribution in [1.29, 1.82) is 0 Å². The van der Waals surface area contributed by atoms with Crippen LogP contribution in [0.25, 0.3) is 0 Å². The van der Waals surface area contributed by atoms with Crippen molar-refractivity contribution in [2.75, 3.05) is 0 Å². The van der Waals surface area contributed by atoms with Crippen molar-refractivity contribution < 1.29 is 14.5 Å². The van der Waals surface area contributed by atoms with Gasteiger partial charge in [0.1, 0.15) is 12.4 Å². The van der Waals surface area contributed by atoms with Gasteiger partial charge >= 0.3 is 5.97 Å². The number of carboxylic acids is 1. The van der Waals surface area contributed by atoms with Crippen molar-refractivity contribution in [2.24, 2.45) is 0 Å². The summed E-state index contributed by atoms with van der Waals surface area (Å²) < 4.78 is 4.18. The third-order valence-electron chi connectivity index (χ3n) is 2.32. The summed E-state index contributed by atoms with van der Waals surface area (Å²) in [6.45, 7) is 4.00. The highest BCUT2D eigenvalue weighted by molar-refractivity contribution is 5.66. The SMILES string of the molecule is CCCCn1cc[n+](CCCC(=O)O)c1. The second-order valence-electron chi connectivity index (χ2n) is 3.74. The van der Waals surface area contributed by atoms with Gasteiger partial charge < -0.3 is 5.11 Å². The molecular formula is C11H19N2O2+. The number of carbonyl (C=O) groups is 1. The van der Waals surface area contributed by atoms with Crippen molar-refractivity contribution in [3.05, 3.63) is 18.7 Å². The predicted molar refractivity (Wildman–Crippen MR) is 56.4 cm³/mol. The van der Waals surface area contributed by atoms with E-state index in [0.717, 1.165) is 13.1 Å². The molecule has 15 heavy (non-hydrogen) atoms. The van der Waals surface area contributed by atoms with Crippen LogP contribution in [0.1, 0.15) is 32.6 Å². The number of hydrogen-bond acceptors (Lipinski definition) is 1. The molecule has 0 saturated carbocycles. The Labute approximate surface area is 90.2 Å². The van der Waals surface area contributed by atoms with Crippen LogP contribution in [-0.4, -0.2) is 15.6 Å². The van der Waals surface area contributed by atoms with Crippen LogP contribution in [-0.2, 0) is 17.9 Å². The van der Waals surface area contributed by atoms with Crippen molar-refractivity contribution in [3.63, 3.8) is 0 Å². The molecule has 1 aromatic rings. The molecule has 0 spiro atoms. The fraction of sp³-hybridized carbons (Fsp3) is 0.636. The normalized spacial score (nSPS) is 10.5. The fourth-order valence-corrected chi connectivity index (χ4v) is 1.46. The third kappa shape index (κ3) is 4.63. The highest BCUT2D eigenvalue weighted by Crippen LogP contribution is 1.94. The van der Waals surface area contributed by atoms with E-state index in [9.17, 15) is 4.79 Å². The Balaban J connectivity index is 2.29. The second-order valence-corrected chi connectivity index (χ2v) is 3.74. The molecule has 0 atom stereocenters. The van der Waals surface area contributed by atoms with Crippen molar-refractivity contribution >= 4 is 5.97 Å². The molecule has 0 aliphatic carbocycles. The lowest BCUT2D eigenvalue weighted by atomic mass is 10.3. The minimum atomic E-state index is -0.721. The van der Waals surface area contributed by atoms with Gasteiger partial charge in [-0.15, -0.1) is 0 Å². The van der Waals surface area contributed by atoms with Gasteiger partial charge in [0.15, 0.2) is 0 Å². The Hall–Kier alpha value is -1.32. The Morgan fingerprint density at radius 2 is 2.27 bits per heavy atom. The first-order chi connectivity index (χ1) is 7.22. The molecule has 84 valence electrons. The Morgan fingerprint density at radius 1 is 1.47 bits per heavy atom. The average molecular weight is 211 g/mol. The highest BCUT2D eigenvalue weighted by Gasteiger charge is 2.04.